The molecule has 1 aliphatic rings. The lowest BCUT2D eigenvalue weighted by Crippen LogP contribution is -2.50. The van der Waals surface area contributed by atoms with E-state index in [1.807, 2.05) is 42.3 Å². The van der Waals surface area contributed by atoms with Gasteiger partial charge in [-0.05, 0) is 32.4 Å². The molecule has 1 atom stereocenters. The summed E-state index contributed by atoms with van der Waals surface area (Å²) in [4.78, 5) is 25.9. The maximum atomic E-state index is 12.1. The lowest BCUT2D eigenvalue weighted by atomic mass is 10.2. The van der Waals surface area contributed by atoms with E-state index < -0.39 is 0 Å². The minimum Gasteiger partial charge on any atom is -0.335 e. The Hall–Kier alpha value is -1.88. The first-order chi connectivity index (χ1) is 10.6. The van der Waals surface area contributed by atoms with E-state index in [9.17, 15) is 9.59 Å². The Bertz CT molecular complexity index is 498. The molecule has 5 nitrogen and oxygen atoms in total. The summed E-state index contributed by atoms with van der Waals surface area (Å²) in [7, 11) is 1.88. The van der Waals surface area contributed by atoms with Gasteiger partial charge < -0.3 is 5.32 Å². The van der Waals surface area contributed by atoms with E-state index in [4.69, 9.17) is 0 Å². The van der Waals surface area contributed by atoms with E-state index in [1.165, 1.54) is 0 Å². The molecule has 1 aliphatic carbocycles. The summed E-state index contributed by atoms with van der Waals surface area (Å²) in [5.74, 6) is -0.270. The second kappa shape index (κ2) is 7.94. The van der Waals surface area contributed by atoms with Crippen molar-refractivity contribution in [1.29, 1.82) is 0 Å². The van der Waals surface area contributed by atoms with Crippen molar-refractivity contribution in [2.24, 2.45) is 0 Å². The zero-order valence-corrected chi connectivity index (χ0v) is 13.3. The highest BCUT2D eigenvalue weighted by Crippen LogP contribution is 2.17. The molecule has 0 unspecified atom stereocenters. The van der Waals surface area contributed by atoms with Gasteiger partial charge in [0.15, 0.2) is 0 Å². The topological polar surface area (TPSA) is 61.4 Å². The molecule has 1 saturated carbocycles. The van der Waals surface area contributed by atoms with Crippen molar-refractivity contribution in [1.82, 2.24) is 15.5 Å². The van der Waals surface area contributed by atoms with Crippen LogP contribution < -0.4 is 10.6 Å². The highest BCUT2D eigenvalue weighted by atomic mass is 16.2. The van der Waals surface area contributed by atoms with Gasteiger partial charge in [-0.1, -0.05) is 43.2 Å². The largest absolute Gasteiger partial charge is 0.335 e. The van der Waals surface area contributed by atoms with Gasteiger partial charge in [0.25, 0.3) is 0 Å². The lowest BCUT2D eigenvalue weighted by molar-refractivity contribution is -0.124. The van der Waals surface area contributed by atoms with E-state index in [0.717, 1.165) is 31.2 Å². The second-order valence-corrected chi connectivity index (χ2v) is 6.02. The van der Waals surface area contributed by atoms with E-state index in [-0.39, 0.29) is 24.0 Å². The molecule has 2 N–H and O–H groups in total. The van der Waals surface area contributed by atoms with Gasteiger partial charge in [-0.2, -0.15) is 0 Å². The quantitative estimate of drug-likeness (QED) is 0.877. The van der Waals surface area contributed by atoms with Crippen molar-refractivity contribution >= 4 is 11.9 Å². The van der Waals surface area contributed by atoms with Gasteiger partial charge in [0.2, 0.25) is 5.91 Å². The number of nitrogens with zero attached hydrogens (tertiary/aromatic N) is 1. The summed E-state index contributed by atoms with van der Waals surface area (Å²) in [6, 6.07) is 9.43. The summed E-state index contributed by atoms with van der Waals surface area (Å²) in [5, 5.41) is 5.31. The first kappa shape index (κ1) is 16.5. The first-order valence-corrected chi connectivity index (χ1v) is 7.92. The molecular weight excluding hydrogens is 278 g/mol. The van der Waals surface area contributed by atoms with Crippen LogP contribution in [0.15, 0.2) is 30.3 Å². The molecule has 5 heteroatoms. The molecule has 0 aromatic heterocycles. The number of benzene rings is 1. The van der Waals surface area contributed by atoms with Crippen LogP contribution in [0.1, 0.15) is 38.2 Å². The van der Waals surface area contributed by atoms with Crippen LogP contribution in [0.3, 0.4) is 0 Å². The summed E-state index contributed by atoms with van der Waals surface area (Å²) in [6.07, 6.45) is 4.31. The fraction of sp³-hybridized carbons (Fsp3) is 0.529. The minimum absolute atomic E-state index is 0.213. The van der Waals surface area contributed by atoms with Crippen LogP contribution in [-0.4, -0.2) is 36.0 Å². The molecule has 0 heterocycles. The second-order valence-electron chi connectivity index (χ2n) is 6.02. The molecular formula is C17H25N3O2. The standard InChI is InChI=1S/C17H25N3O2/c1-13(20(2)12-14-8-4-3-5-9-14)16(21)19-17(22)18-15-10-6-7-11-15/h3-5,8-9,13,15H,6-7,10-12H2,1-2H3,(H2,18,19,21,22)/t13-/m1/s1. The Labute approximate surface area is 132 Å². The number of nitrogens with one attached hydrogen (secondary N) is 2. The van der Waals surface area contributed by atoms with E-state index in [2.05, 4.69) is 10.6 Å². The van der Waals surface area contributed by atoms with E-state index in [0.29, 0.717) is 6.54 Å². The highest BCUT2D eigenvalue weighted by molar-refractivity contribution is 5.96. The van der Waals surface area contributed by atoms with Crippen LogP contribution in [0, 0.1) is 0 Å². The van der Waals surface area contributed by atoms with Crippen LogP contribution >= 0.6 is 0 Å². The summed E-state index contributed by atoms with van der Waals surface area (Å²) in [6.45, 7) is 2.47. The third-order valence-electron chi connectivity index (χ3n) is 4.24. The molecule has 1 aromatic rings. The third kappa shape index (κ3) is 4.84. The van der Waals surface area contributed by atoms with Crippen molar-refractivity contribution in [3.63, 3.8) is 0 Å². The van der Waals surface area contributed by atoms with Crippen LogP contribution in [0.2, 0.25) is 0 Å². The molecule has 0 spiro atoms. The van der Waals surface area contributed by atoms with E-state index >= 15 is 0 Å². The first-order valence-electron chi connectivity index (χ1n) is 7.92. The van der Waals surface area contributed by atoms with Gasteiger partial charge in [-0.15, -0.1) is 0 Å². The fourth-order valence-electron chi connectivity index (χ4n) is 2.72. The van der Waals surface area contributed by atoms with Crippen molar-refractivity contribution in [2.45, 2.75) is 51.2 Å². The monoisotopic (exact) mass is 303 g/mol. The van der Waals surface area contributed by atoms with Crippen molar-refractivity contribution in [2.75, 3.05) is 7.05 Å². The van der Waals surface area contributed by atoms with Gasteiger partial charge in [-0.3, -0.25) is 15.0 Å². The average Bonchev–Trinajstić information content (AvgIpc) is 3.00. The number of carbonyl (C=O) groups is 2. The van der Waals surface area contributed by atoms with Crippen molar-refractivity contribution in [3.8, 4) is 0 Å². The normalized spacial score (nSPS) is 16.5. The molecule has 2 rings (SSSR count). The number of hydrogen-bond acceptors (Lipinski definition) is 3. The molecule has 0 saturated heterocycles. The van der Waals surface area contributed by atoms with Gasteiger partial charge in [0.05, 0.1) is 6.04 Å². The van der Waals surface area contributed by atoms with Crippen molar-refractivity contribution in [3.05, 3.63) is 35.9 Å². The van der Waals surface area contributed by atoms with Crippen LogP contribution in [-0.2, 0) is 11.3 Å². The molecule has 0 aliphatic heterocycles. The molecule has 0 radical (unpaired) electrons. The number of hydrogen-bond donors (Lipinski definition) is 2. The summed E-state index contributed by atoms with van der Waals surface area (Å²) >= 11 is 0. The molecule has 0 bridgehead atoms. The van der Waals surface area contributed by atoms with Gasteiger partial charge in [-0.25, -0.2) is 4.79 Å². The highest BCUT2D eigenvalue weighted by Gasteiger charge is 2.22. The number of likely N-dealkylation sites (N-methyl/N-ethyl adjacent to an activating group) is 1. The number of imide groups is 1. The maximum Gasteiger partial charge on any atom is 0.321 e. The maximum absolute atomic E-state index is 12.1. The zero-order valence-electron chi connectivity index (χ0n) is 13.3. The lowest BCUT2D eigenvalue weighted by Gasteiger charge is -2.24. The third-order valence-corrected chi connectivity index (χ3v) is 4.24. The van der Waals surface area contributed by atoms with Crippen LogP contribution in [0.4, 0.5) is 4.79 Å². The molecule has 120 valence electrons. The zero-order chi connectivity index (χ0) is 15.9. The molecule has 3 amide bonds. The SMILES string of the molecule is C[C@H](C(=O)NC(=O)NC1CCCC1)N(C)Cc1ccccc1. The molecule has 1 fully saturated rings. The summed E-state index contributed by atoms with van der Waals surface area (Å²) < 4.78 is 0. The van der Waals surface area contributed by atoms with Gasteiger partial charge in [0, 0.05) is 12.6 Å². The average molecular weight is 303 g/mol. The Kier molecular flexibility index (Phi) is 5.95. The summed E-state index contributed by atoms with van der Waals surface area (Å²) in [5.41, 5.74) is 1.14. The van der Waals surface area contributed by atoms with Gasteiger partial charge >= 0.3 is 6.03 Å². The Morgan fingerprint density at radius 3 is 2.50 bits per heavy atom. The molecule has 1 aromatic carbocycles. The van der Waals surface area contributed by atoms with Crippen molar-refractivity contribution < 1.29 is 9.59 Å². The Morgan fingerprint density at radius 2 is 1.86 bits per heavy atom. The predicted octanol–water partition coefficient (Wildman–Crippen LogP) is 2.28. The van der Waals surface area contributed by atoms with E-state index in [1.54, 1.807) is 6.92 Å². The Morgan fingerprint density at radius 1 is 1.23 bits per heavy atom. The van der Waals surface area contributed by atoms with Gasteiger partial charge in [0.1, 0.15) is 0 Å². The minimum atomic E-state index is -0.378. The van der Waals surface area contributed by atoms with Crippen LogP contribution in [0.5, 0.6) is 0 Å². The number of urea groups is 1. The number of amides is 3. The fourth-order valence-corrected chi connectivity index (χ4v) is 2.72. The Balaban J connectivity index is 1.79. The predicted molar refractivity (Wildman–Crippen MR) is 86.3 cm³/mol. The number of rotatable bonds is 5. The molecule has 22 heavy (non-hydrogen) atoms. The smallest absolute Gasteiger partial charge is 0.321 e. The van der Waals surface area contributed by atoms with Crippen LogP contribution in [0.25, 0.3) is 0 Å². The number of carbonyl (C=O) groups excluding carboxylic acids is 2.